The highest BCUT2D eigenvalue weighted by Gasteiger charge is 2.03. The molecular weight excluding hydrogens is 295 g/mol. The number of aryl methyl sites for hydroxylation is 1. The molecule has 3 rings (SSSR count). The highest BCUT2D eigenvalue weighted by Crippen LogP contribution is 2.14. The van der Waals surface area contributed by atoms with E-state index in [-0.39, 0.29) is 5.82 Å². The summed E-state index contributed by atoms with van der Waals surface area (Å²) in [6, 6.07) is 11.9. The Morgan fingerprint density at radius 1 is 1.00 bits per heavy atom. The number of furan rings is 1. The fourth-order valence-electron chi connectivity index (χ4n) is 2.13. The lowest BCUT2D eigenvalue weighted by Gasteiger charge is -2.10. The number of halogens is 1. The molecule has 118 valence electrons. The number of nitrogens with zero attached hydrogens (tertiary/aromatic N) is 2. The highest BCUT2D eigenvalue weighted by molar-refractivity contribution is 5.48. The van der Waals surface area contributed by atoms with Gasteiger partial charge in [-0.1, -0.05) is 12.1 Å². The molecule has 0 saturated heterocycles. The third-order valence-corrected chi connectivity index (χ3v) is 3.25. The molecule has 0 saturated carbocycles. The van der Waals surface area contributed by atoms with E-state index in [1.165, 1.54) is 12.1 Å². The smallest absolute Gasteiger partial charge is 0.132 e. The van der Waals surface area contributed by atoms with Gasteiger partial charge >= 0.3 is 0 Å². The van der Waals surface area contributed by atoms with Gasteiger partial charge in [0.2, 0.25) is 0 Å². The summed E-state index contributed by atoms with van der Waals surface area (Å²) in [5.74, 6) is 2.69. The zero-order chi connectivity index (χ0) is 16.1. The van der Waals surface area contributed by atoms with E-state index in [4.69, 9.17) is 4.42 Å². The number of anilines is 2. The fraction of sp³-hybridized carbons (Fsp3) is 0.176. The van der Waals surface area contributed by atoms with Gasteiger partial charge in [-0.2, -0.15) is 0 Å². The van der Waals surface area contributed by atoms with Gasteiger partial charge in [0, 0.05) is 12.6 Å². The molecule has 3 aromatic rings. The number of rotatable bonds is 6. The molecule has 5 nitrogen and oxygen atoms in total. The van der Waals surface area contributed by atoms with Crippen LogP contribution in [-0.2, 0) is 13.1 Å². The first kappa shape index (κ1) is 15.0. The minimum atomic E-state index is -0.240. The van der Waals surface area contributed by atoms with Crippen molar-refractivity contribution in [1.82, 2.24) is 9.97 Å². The molecule has 1 aromatic carbocycles. The number of hydrogen-bond donors (Lipinski definition) is 2. The van der Waals surface area contributed by atoms with E-state index >= 15 is 0 Å². The van der Waals surface area contributed by atoms with Gasteiger partial charge in [-0.15, -0.1) is 0 Å². The van der Waals surface area contributed by atoms with Crippen LogP contribution in [0, 0.1) is 12.7 Å². The van der Waals surface area contributed by atoms with Gasteiger partial charge in [0.1, 0.15) is 29.0 Å². The van der Waals surface area contributed by atoms with Crippen LogP contribution in [0.3, 0.4) is 0 Å². The van der Waals surface area contributed by atoms with Crippen LogP contribution >= 0.6 is 0 Å². The van der Waals surface area contributed by atoms with Gasteiger partial charge in [-0.25, -0.2) is 14.4 Å². The van der Waals surface area contributed by atoms with Gasteiger partial charge in [0.05, 0.1) is 12.8 Å². The zero-order valence-electron chi connectivity index (χ0n) is 12.7. The summed E-state index contributed by atoms with van der Waals surface area (Å²) in [4.78, 5) is 8.70. The Hall–Kier alpha value is -2.89. The minimum absolute atomic E-state index is 0.240. The van der Waals surface area contributed by atoms with Crippen molar-refractivity contribution in [1.29, 1.82) is 0 Å². The van der Waals surface area contributed by atoms with Crippen LogP contribution in [0.1, 0.15) is 17.1 Å². The Balaban J connectivity index is 1.63. The quantitative estimate of drug-likeness (QED) is 0.726. The van der Waals surface area contributed by atoms with Crippen LogP contribution in [0.4, 0.5) is 16.0 Å². The summed E-state index contributed by atoms with van der Waals surface area (Å²) in [5, 5.41) is 6.42. The molecule has 0 aliphatic carbocycles. The summed E-state index contributed by atoms with van der Waals surface area (Å²) < 4.78 is 18.2. The first-order chi connectivity index (χ1) is 11.2. The van der Waals surface area contributed by atoms with Gasteiger partial charge in [-0.05, 0) is 36.8 Å². The molecule has 2 heterocycles. The highest BCUT2D eigenvalue weighted by atomic mass is 19.1. The van der Waals surface area contributed by atoms with Crippen molar-refractivity contribution < 1.29 is 8.81 Å². The maximum absolute atomic E-state index is 12.9. The molecule has 0 amide bonds. The van der Waals surface area contributed by atoms with Crippen LogP contribution < -0.4 is 10.6 Å². The molecule has 6 heteroatoms. The average molecular weight is 312 g/mol. The van der Waals surface area contributed by atoms with E-state index in [2.05, 4.69) is 20.6 Å². The monoisotopic (exact) mass is 312 g/mol. The summed E-state index contributed by atoms with van der Waals surface area (Å²) in [5.41, 5.74) is 0.979. The molecule has 0 fully saturated rings. The second-order valence-electron chi connectivity index (χ2n) is 5.10. The fourth-order valence-corrected chi connectivity index (χ4v) is 2.13. The standard InChI is InChI=1S/C17H17FN4O/c1-12-21-16(19-10-13-4-6-14(18)7-5-13)9-17(22-12)20-11-15-3-2-8-23-15/h2-9H,10-11H2,1H3,(H2,19,20,21,22). The van der Waals surface area contributed by atoms with E-state index in [1.54, 1.807) is 18.4 Å². The third kappa shape index (κ3) is 4.29. The Labute approximate surface area is 133 Å². The Kier molecular flexibility index (Phi) is 4.52. The molecule has 0 aliphatic rings. The normalized spacial score (nSPS) is 10.5. The number of hydrogen-bond acceptors (Lipinski definition) is 5. The molecule has 23 heavy (non-hydrogen) atoms. The van der Waals surface area contributed by atoms with Crippen LogP contribution in [0.25, 0.3) is 0 Å². The summed E-state index contributed by atoms with van der Waals surface area (Å²) in [7, 11) is 0. The summed E-state index contributed by atoms with van der Waals surface area (Å²) in [6.07, 6.45) is 1.64. The maximum Gasteiger partial charge on any atom is 0.132 e. The Morgan fingerprint density at radius 2 is 1.70 bits per heavy atom. The lowest BCUT2D eigenvalue weighted by molar-refractivity contribution is 0.518. The predicted molar refractivity (Wildman–Crippen MR) is 86.5 cm³/mol. The molecule has 2 aromatic heterocycles. The molecule has 0 aliphatic heterocycles. The van der Waals surface area contributed by atoms with E-state index in [0.29, 0.717) is 24.7 Å². The minimum Gasteiger partial charge on any atom is -0.467 e. The molecular formula is C17H17FN4O. The van der Waals surface area contributed by atoms with Gasteiger partial charge in [0.15, 0.2) is 0 Å². The van der Waals surface area contributed by atoms with E-state index in [9.17, 15) is 4.39 Å². The first-order valence-corrected chi connectivity index (χ1v) is 7.29. The van der Waals surface area contributed by atoms with Crippen molar-refractivity contribution in [3.05, 3.63) is 71.7 Å². The average Bonchev–Trinajstić information content (AvgIpc) is 3.05. The Morgan fingerprint density at radius 3 is 2.35 bits per heavy atom. The van der Waals surface area contributed by atoms with E-state index in [1.807, 2.05) is 25.1 Å². The van der Waals surface area contributed by atoms with Crippen molar-refractivity contribution in [2.24, 2.45) is 0 Å². The molecule has 2 N–H and O–H groups in total. The largest absolute Gasteiger partial charge is 0.467 e. The summed E-state index contributed by atoms with van der Waals surface area (Å²) >= 11 is 0. The number of aromatic nitrogens is 2. The van der Waals surface area contributed by atoms with Crippen molar-refractivity contribution in [3.63, 3.8) is 0 Å². The van der Waals surface area contributed by atoms with Crippen LogP contribution in [0.15, 0.2) is 53.1 Å². The molecule has 0 atom stereocenters. The second kappa shape index (κ2) is 6.91. The predicted octanol–water partition coefficient (Wildman–Crippen LogP) is 3.74. The number of benzene rings is 1. The second-order valence-corrected chi connectivity index (χ2v) is 5.10. The SMILES string of the molecule is Cc1nc(NCc2ccc(F)cc2)cc(NCc2ccco2)n1. The van der Waals surface area contributed by atoms with Crippen molar-refractivity contribution >= 4 is 11.6 Å². The van der Waals surface area contributed by atoms with E-state index < -0.39 is 0 Å². The number of nitrogens with one attached hydrogen (secondary N) is 2. The maximum atomic E-state index is 12.9. The Bertz CT molecular complexity index is 757. The molecule has 0 unspecified atom stereocenters. The topological polar surface area (TPSA) is 63.0 Å². The van der Waals surface area contributed by atoms with Crippen molar-refractivity contribution in [2.45, 2.75) is 20.0 Å². The molecule has 0 bridgehead atoms. The van der Waals surface area contributed by atoms with Crippen LogP contribution in [0.2, 0.25) is 0 Å². The summed E-state index contributed by atoms with van der Waals surface area (Å²) in [6.45, 7) is 2.95. The lowest BCUT2D eigenvalue weighted by atomic mass is 10.2. The zero-order valence-corrected chi connectivity index (χ0v) is 12.7. The third-order valence-electron chi connectivity index (χ3n) is 3.25. The molecule has 0 radical (unpaired) electrons. The van der Waals surface area contributed by atoms with Gasteiger partial charge in [-0.3, -0.25) is 0 Å². The lowest BCUT2D eigenvalue weighted by Crippen LogP contribution is -2.07. The van der Waals surface area contributed by atoms with Crippen molar-refractivity contribution in [2.75, 3.05) is 10.6 Å². The van der Waals surface area contributed by atoms with Crippen molar-refractivity contribution in [3.8, 4) is 0 Å². The van der Waals surface area contributed by atoms with Gasteiger partial charge < -0.3 is 15.1 Å². The molecule has 0 spiro atoms. The van der Waals surface area contributed by atoms with E-state index in [0.717, 1.165) is 17.1 Å². The van der Waals surface area contributed by atoms with Gasteiger partial charge in [0.25, 0.3) is 0 Å². The van der Waals surface area contributed by atoms with Crippen LogP contribution in [0.5, 0.6) is 0 Å². The van der Waals surface area contributed by atoms with Crippen LogP contribution in [-0.4, -0.2) is 9.97 Å². The first-order valence-electron chi connectivity index (χ1n) is 7.29.